The van der Waals surface area contributed by atoms with E-state index in [0.717, 1.165) is 15.6 Å². The van der Waals surface area contributed by atoms with Gasteiger partial charge in [-0.1, -0.05) is 15.9 Å². The minimum Gasteiger partial charge on any atom is -0.489 e. The molecule has 0 heterocycles. The Morgan fingerprint density at radius 3 is 2.73 bits per heavy atom. The van der Waals surface area contributed by atoms with Gasteiger partial charge >= 0.3 is 0 Å². The summed E-state index contributed by atoms with van der Waals surface area (Å²) >= 11 is 8.00. The molecule has 0 aliphatic heterocycles. The first-order chi connectivity index (χ1) is 10.5. The molecular weight excluding hydrogens is 369 g/mol. The number of rotatable bonds is 5. The molecule has 0 aliphatic carbocycles. The number of nitrogens with one attached hydrogen (secondary N) is 1. The van der Waals surface area contributed by atoms with Gasteiger partial charge < -0.3 is 10.5 Å². The Hall–Kier alpha value is -1.99. The first kappa shape index (κ1) is 16.4. The average Bonchev–Trinajstić information content (AvgIpc) is 2.49. The van der Waals surface area contributed by atoms with Crippen LogP contribution in [0.4, 0.5) is 4.39 Å². The molecule has 2 aromatic rings. The van der Waals surface area contributed by atoms with E-state index in [2.05, 4.69) is 38.7 Å². The van der Waals surface area contributed by atoms with E-state index in [-0.39, 0.29) is 17.5 Å². The summed E-state index contributed by atoms with van der Waals surface area (Å²) in [6.07, 6.45) is 1.59. The fraction of sp³-hybridized carbons (Fsp3) is 0.0667. The summed E-state index contributed by atoms with van der Waals surface area (Å²) in [4.78, 5) is 0. The first-order valence-electron chi connectivity index (χ1n) is 6.30. The fourth-order valence-electron chi connectivity index (χ4n) is 1.64. The molecule has 0 aromatic heterocycles. The maximum Gasteiger partial charge on any atom is 0.184 e. The summed E-state index contributed by atoms with van der Waals surface area (Å²) in [5.74, 6) is 0.384. The molecule has 0 fully saturated rings. The van der Waals surface area contributed by atoms with Crippen molar-refractivity contribution in [3.8, 4) is 5.75 Å². The van der Waals surface area contributed by atoms with Crippen LogP contribution in [-0.4, -0.2) is 11.3 Å². The highest BCUT2D eigenvalue weighted by Gasteiger charge is 2.03. The lowest BCUT2D eigenvalue weighted by molar-refractivity contribution is 0.305. The van der Waals surface area contributed by atoms with Crippen molar-refractivity contribution in [3.63, 3.8) is 0 Å². The van der Waals surface area contributed by atoms with Crippen LogP contribution in [-0.2, 0) is 6.61 Å². The topological polar surface area (TPSA) is 59.6 Å². The zero-order valence-electron chi connectivity index (χ0n) is 11.4. The Bertz CT molecular complexity index is 692. The van der Waals surface area contributed by atoms with Crippen LogP contribution in [0.1, 0.15) is 11.1 Å². The van der Waals surface area contributed by atoms with Crippen molar-refractivity contribution >= 4 is 39.5 Å². The lowest BCUT2D eigenvalue weighted by atomic mass is 10.2. The second-order valence-corrected chi connectivity index (χ2v) is 5.62. The number of benzene rings is 2. The Labute approximate surface area is 141 Å². The molecule has 2 aromatic carbocycles. The summed E-state index contributed by atoms with van der Waals surface area (Å²) in [5, 5.41) is 3.96. The van der Waals surface area contributed by atoms with E-state index in [1.54, 1.807) is 24.4 Å². The van der Waals surface area contributed by atoms with E-state index in [0.29, 0.717) is 5.75 Å². The highest BCUT2D eigenvalue weighted by Crippen LogP contribution is 2.20. The normalized spacial score (nSPS) is 10.6. The van der Waals surface area contributed by atoms with Crippen molar-refractivity contribution in [1.82, 2.24) is 5.43 Å². The average molecular weight is 382 g/mol. The number of hydrogen-bond donors (Lipinski definition) is 2. The standard InChI is InChI=1S/C15H13BrFN3OS/c16-14-6-3-12(17)7-11(14)9-21-13-4-1-10(2-5-13)8-19-20-15(18)22/h1-8H,9H2,(H3,18,20,22). The molecule has 0 saturated carbocycles. The van der Waals surface area contributed by atoms with Gasteiger partial charge in [-0.05, 0) is 60.2 Å². The van der Waals surface area contributed by atoms with Crippen LogP contribution >= 0.6 is 28.1 Å². The Morgan fingerprint density at radius 1 is 1.32 bits per heavy atom. The Kier molecular flexibility index (Phi) is 5.85. The molecule has 0 spiro atoms. The number of ether oxygens (including phenoxy) is 1. The summed E-state index contributed by atoms with van der Waals surface area (Å²) in [6.45, 7) is 0.273. The maximum absolute atomic E-state index is 13.2. The predicted molar refractivity (Wildman–Crippen MR) is 92.4 cm³/mol. The van der Waals surface area contributed by atoms with Gasteiger partial charge in [-0.25, -0.2) is 4.39 Å². The van der Waals surface area contributed by atoms with Crippen LogP contribution in [0.2, 0.25) is 0 Å². The highest BCUT2D eigenvalue weighted by molar-refractivity contribution is 9.10. The molecule has 0 radical (unpaired) electrons. The van der Waals surface area contributed by atoms with Gasteiger partial charge in [0, 0.05) is 10.0 Å². The zero-order chi connectivity index (χ0) is 15.9. The first-order valence-corrected chi connectivity index (χ1v) is 7.50. The van der Waals surface area contributed by atoms with Gasteiger partial charge in [-0.3, -0.25) is 5.43 Å². The van der Waals surface area contributed by atoms with E-state index in [9.17, 15) is 4.39 Å². The molecule has 0 saturated heterocycles. The lowest BCUT2D eigenvalue weighted by Gasteiger charge is -2.08. The van der Waals surface area contributed by atoms with Gasteiger partial charge in [0.25, 0.3) is 0 Å². The molecule has 0 bridgehead atoms. The molecule has 0 unspecified atom stereocenters. The molecule has 0 aliphatic rings. The summed E-state index contributed by atoms with van der Waals surface area (Å²) < 4.78 is 19.6. The molecule has 22 heavy (non-hydrogen) atoms. The van der Waals surface area contributed by atoms with Crippen molar-refractivity contribution < 1.29 is 9.13 Å². The maximum atomic E-state index is 13.2. The molecule has 0 amide bonds. The number of hydrogen-bond acceptors (Lipinski definition) is 3. The van der Waals surface area contributed by atoms with Crippen molar-refractivity contribution in [2.75, 3.05) is 0 Å². The highest BCUT2D eigenvalue weighted by atomic mass is 79.9. The third-order valence-electron chi connectivity index (χ3n) is 2.67. The summed E-state index contributed by atoms with van der Waals surface area (Å²) in [5.41, 5.74) is 9.33. The number of hydrazone groups is 1. The molecule has 0 atom stereocenters. The minimum atomic E-state index is -0.293. The minimum absolute atomic E-state index is 0.108. The van der Waals surface area contributed by atoms with Gasteiger partial charge in [0.15, 0.2) is 5.11 Å². The third kappa shape index (κ3) is 5.09. The number of nitrogens with two attached hydrogens (primary N) is 1. The third-order valence-corrected chi connectivity index (χ3v) is 3.54. The van der Waals surface area contributed by atoms with Crippen LogP contribution < -0.4 is 15.9 Å². The van der Waals surface area contributed by atoms with Gasteiger partial charge in [0.1, 0.15) is 18.2 Å². The van der Waals surface area contributed by atoms with Gasteiger partial charge in [0.05, 0.1) is 6.21 Å². The quantitative estimate of drug-likeness (QED) is 0.473. The Balaban J connectivity index is 1.95. The zero-order valence-corrected chi connectivity index (χ0v) is 13.8. The number of halogens is 2. The second-order valence-electron chi connectivity index (χ2n) is 4.33. The van der Waals surface area contributed by atoms with Crippen LogP contribution in [0.5, 0.6) is 5.75 Å². The molecule has 114 valence electrons. The van der Waals surface area contributed by atoms with E-state index >= 15 is 0 Å². The lowest BCUT2D eigenvalue weighted by Crippen LogP contribution is -2.23. The molecule has 7 heteroatoms. The Morgan fingerprint density at radius 2 is 2.05 bits per heavy atom. The number of nitrogens with zero attached hydrogens (tertiary/aromatic N) is 1. The second kappa shape index (κ2) is 7.86. The van der Waals surface area contributed by atoms with E-state index < -0.39 is 0 Å². The van der Waals surface area contributed by atoms with E-state index in [4.69, 9.17) is 10.5 Å². The molecule has 4 nitrogen and oxygen atoms in total. The van der Waals surface area contributed by atoms with Crippen LogP contribution in [0.15, 0.2) is 52.0 Å². The summed E-state index contributed by atoms with van der Waals surface area (Å²) in [7, 11) is 0. The fourth-order valence-corrected chi connectivity index (χ4v) is 2.05. The monoisotopic (exact) mass is 381 g/mol. The van der Waals surface area contributed by atoms with Crippen molar-refractivity contribution in [3.05, 3.63) is 63.9 Å². The van der Waals surface area contributed by atoms with Gasteiger partial charge in [-0.2, -0.15) is 5.10 Å². The number of thiocarbonyl (C=S) groups is 1. The van der Waals surface area contributed by atoms with Gasteiger partial charge in [-0.15, -0.1) is 0 Å². The smallest absolute Gasteiger partial charge is 0.184 e. The van der Waals surface area contributed by atoms with Crippen LogP contribution in [0.25, 0.3) is 0 Å². The van der Waals surface area contributed by atoms with Crippen molar-refractivity contribution in [2.45, 2.75) is 6.61 Å². The summed E-state index contributed by atoms with van der Waals surface area (Å²) in [6, 6.07) is 11.8. The van der Waals surface area contributed by atoms with Gasteiger partial charge in [0.2, 0.25) is 0 Å². The SMILES string of the molecule is NC(=S)NN=Cc1ccc(OCc2cc(F)ccc2Br)cc1. The van der Waals surface area contributed by atoms with E-state index in [1.165, 1.54) is 12.1 Å². The van der Waals surface area contributed by atoms with Crippen molar-refractivity contribution in [1.29, 1.82) is 0 Å². The van der Waals surface area contributed by atoms with E-state index in [1.807, 2.05) is 12.1 Å². The predicted octanol–water partition coefficient (Wildman–Crippen LogP) is 3.33. The van der Waals surface area contributed by atoms with Crippen LogP contribution in [0.3, 0.4) is 0 Å². The van der Waals surface area contributed by atoms with Crippen LogP contribution in [0, 0.1) is 5.82 Å². The largest absolute Gasteiger partial charge is 0.489 e. The molecule has 2 rings (SSSR count). The van der Waals surface area contributed by atoms with Crippen molar-refractivity contribution in [2.24, 2.45) is 10.8 Å². The molecule has 3 N–H and O–H groups in total. The molecular formula is C15H13BrFN3OS.